The molecule has 1 heterocycles. The summed E-state index contributed by atoms with van der Waals surface area (Å²) >= 11 is 0. The lowest BCUT2D eigenvalue weighted by molar-refractivity contribution is 0.471. The van der Waals surface area contributed by atoms with Crippen LogP contribution in [-0.4, -0.2) is 14.9 Å². The highest BCUT2D eigenvalue weighted by Crippen LogP contribution is 2.51. The molecule has 22 heavy (non-hydrogen) atoms. The van der Waals surface area contributed by atoms with Crippen molar-refractivity contribution < 1.29 is 5.11 Å². The van der Waals surface area contributed by atoms with Crippen molar-refractivity contribution in [3.05, 3.63) is 67.0 Å². The van der Waals surface area contributed by atoms with Crippen LogP contribution in [0.25, 0.3) is 38.7 Å². The predicted molar refractivity (Wildman–Crippen MR) is 87.2 cm³/mol. The summed E-state index contributed by atoms with van der Waals surface area (Å²) < 4.78 is 1.74. The van der Waals surface area contributed by atoms with Crippen molar-refractivity contribution in [2.75, 3.05) is 0 Å². The van der Waals surface area contributed by atoms with Crippen LogP contribution in [0.5, 0.6) is 5.75 Å². The Morgan fingerprint density at radius 1 is 0.864 bits per heavy atom. The third-order valence-corrected chi connectivity index (χ3v) is 4.34. The van der Waals surface area contributed by atoms with Crippen molar-refractivity contribution in [3.8, 4) is 33.7 Å². The molecule has 0 saturated carbocycles. The van der Waals surface area contributed by atoms with Gasteiger partial charge in [0.2, 0.25) is 0 Å². The van der Waals surface area contributed by atoms with Crippen LogP contribution in [0.15, 0.2) is 67.0 Å². The average molecular weight is 284 g/mol. The molecule has 3 heteroatoms. The molecule has 1 aromatic heterocycles. The second-order valence-electron chi connectivity index (χ2n) is 5.52. The highest BCUT2D eigenvalue weighted by Gasteiger charge is 2.26. The first-order chi connectivity index (χ1) is 10.8. The van der Waals surface area contributed by atoms with E-state index in [1.165, 1.54) is 16.5 Å². The van der Waals surface area contributed by atoms with Gasteiger partial charge in [-0.2, -0.15) is 5.10 Å². The summed E-state index contributed by atoms with van der Waals surface area (Å²) in [7, 11) is 0. The van der Waals surface area contributed by atoms with Gasteiger partial charge in [-0.3, -0.25) is 0 Å². The van der Waals surface area contributed by atoms with Crippen LogP contribution in [-0.2, 0) is 0 Å². The molecule has 4 aromatic rings. The Kier molecular flexibility index (Phi) is 2.09. The van der Waals surface area contributed by atoms with Gasteiger partial charge in [-0.1, -0.05) is 42.5 Å². The van der Waals surface area contributed by atoms with Crippen molar-refractivity contribution in [3.63, 3.8) is 0 Å². The zero-order chi connectivity index (χ0) is 14.7. The lowest BCUT2D eigenvalue weighted by Crippen LogP contribution is -1.98. The summed E-state index contributed by atoms with van der Waals surface area (Å²) in [5, 5.41) is 17.1. The fourth-order valence-corrected chi connectivity index (χ4v) is 3.49. The summed E-state index contributed by atoms with van der Waals surface area (Å²) in [6, 6.07) is 18.2. The Morgan fingerprint density at radius 3 is 2.50 bits per heavy atom. The molecule has 0 unspecified atom stereocenters. The smallest absolute Gasteiger partial charge is 0.142 e. The van der Waals surface area contributed by atoms with E-state index < -0.39 is 0 Å². The van der Waals surface area contributed by atoms with Crippen LogP contribution in [0.3, 0.4) is 0 Å². The monoisotopic (exact) mass is 284 g/mol. The SMILES string of the molecule is Oc1cc2cccc3c2c(c1-n1cccn1)-c1ccccc1-3. The molecule has 104 valence electrons. The van der Waals surface area contributed by atoms with Gasteiger partial charge in [-0.15, -0.1) is 0 Å². The standard InChI is InChI=1S/C19H12N2O/c22-16-11-12-5-3-8-14-13-6-1-2-7-15(13)18(17(12)14)19(16)21-10-4-9-20-21/h1-11,22H. The van der Waals surface area contributed by atoms with Gasteiger partial charge < -0.3 is 5.11 Å². The minimum atomic E-state index is 0.250. The maximum absolute atomic E-state index is 10.6. The summed E-state index contributed by atoms with van der Waals surface area (Å²) in [5.41, 5.74) is 5.38. The Balaban J connectivity index is 2.04. The van der Waals surface area contributed by atoms with Gasteiger partial charge in [-0.25, -0.2) is 4.68 Å². The molecule has 0 atom stereocenters. The zero-order valence-corrected chi connectivity index (χ0v) is 11.7. The molecule has 0 fully saturated rings. The Hall–Kier alpha value is -3.07. The van der Waals surface area contributed by atoms with E-state index >= 15 is 0 Å². The molecule has 0 spiro atoms. The topological polar surface area (TPSA) is 38.0 Å². The van der Waals surface area contributed by atoms with Crippen LogP contribution >= 0.6 is 0 Å². The van der Waals surface area contributed by atoms with Crippen molar-refractivity contribution in [1.82, 2.24) is 9.78 Å². The van der Waals surface area contributed by atoms with E-state index in [1.807, 2.05) is 36.5 Å². The van der Waals surface area contributed by atoms with Crippen LogP contribution in [0.1, 0.15) is 0 Å². The zero-order valence-electron chi connectivity index (χ0n) is 11.7. The number of aromatic hydroxyl groups is 1. The van der Waals surface area contributed by atoms with E-state index in [4.69, 9.17) is 0 Å². The van der Waals surface area contributed by atoms with Gasteiger partial charge in [-0.05, 0) is 39.6 Å². The maximum Gasteiger partial charge on any atom is 0.142 e. The third-order valence-electron chi connectivity index (χ3n) is 4.34. The van der Waals surface area contributed by atoms with Crippen LogP contribution in [0, 0.1) is 0 Å². The number of hydrogen-bond donors (Lipinski definition) is 1. The molecule has 1 aliphatic rings. The van der Waals surface area contributed by atoms with Gasteiger partial charge in [0, 0.05) is 18.0 Å². The fraction of sp³-hybridized carbons (Fsp3) is 0. The molecule has 0 amide bonds. The van der Waals surface area contributed by atoms with E-state index in [0.29, 0.717) is 0 Å². The van der Waals surface area contributed by atoms with Crippen molar-refractivity contribution in [2.45, 2.75) is 0 Å². The van der Waals surface area contributed by atoms with E-state index in [0.717, 1.165) is 22.2 Å². The first-order valence-electron chi connectivity index (χ1n) is 7.23. The third kappa shape index (κ3) is 1.33. The molecule has 3 aromatic carbocycles. The molecule has 0 saturated heterocycles. The molecule has 1 N–H and O–H groups in total. The lowest BCUT2D eigenvalue weighted by atomic mass is 10.0. The summed E-state index contributed by atoms with van der Waals surface area (Å²) in [6.45, 7) is 0. The van der Waals surface area contributed by atoms with Crippen molar-refractivity contribution in [2.24, 2.45) is 0 Å². The quantitative estimate of drug-likeness (QED) is 0.496. The van der Waals surface area contributed by atoms with E-state index in [2.05, 4.69) is 29.4 Å². The van der Waals surface area contributed by atoms with Crippen molar-refractivity contribution in [1.29, 1.82) is 0 Å². The molecule has 1 aliphatic carbocycles. The summed E-state index contributed by atoms with van der Waals surface area (Å²) in [4.78, 5) is 0. The number of fused-ring (bicyclic) bond motifs is 3. The maximum atomic E-state index is 10.6. The minimum absolute atomic E-state index is 0.250. The van der Waals surface area contributed by atoms with Gasteiger partial charge in [0.1, 0.15) is 11.4 Å². The van der Waals surface area contributed by atoms with Crippen molar-refractivity contribution >= 4 is 10.8 Å². The Bertz CT molecular complexity index is 1030. The predicted octanol–water partition coefficient (Wildman–Crippen LogP) is 4.38. The number of phenols is 1. The van der Waals surface area contributed by atoms with Gasteiger partial charge >= 0.3 is 0 Å². The lowest BCUT2D eigenvalue weighted by Gasteiger charge is -2.12. The second kappa shape index (κ2) is 3.98. The average Bonchev–Trinajstić information content (AvgIpc) is 3.17. The van der Waals surface area contributed by atoms with Crippen LogP contribution in [0.2, 0.25) is 0 Å². The van der Waals surface area contributed by atoms with Gasteiger partial charge in [0.05, 0.1) is 0 Å². The molecular formula is C19H12N2O. The molecule has 5 rings (SSSR count). The summed E-state index contributed by atoms with van der Waals surface area (Å²) in [6.07, 6.45) is 3.59. The largest absolute Gasteiger partial charge is 0.506 e. The first kappa shape index (κ1) is 11.6. The van der Waals surface area contributed by atoms with Crippen LogP contribution < -0.4 is 0 Å². The number of benzene rings is 3. The number of rotatable bonds is 1. The fourth-order valence-electron chi connectivity index (χ4n) is 3.49. The molecule has 0 bridgehead atoms. The minimum Gasteiger partial charge on any atom is -0.506 e. The molecule has 3 nitrogen and oxygen atoms in total. The molecule has 0 radical (unpaired) electrons. The van der Waals surface area contributed by atoms with Gasteiger partial charge in [0.25, 0.3) is 0 Å². The number of nitrogens with zero attached hydrogens (tertiary/aromatic N) is 2. The van der Waals surface area contributed by atoms with Crippen LogP contribution in [0.4, 0.5) is 0 Å². The number of hydrogen-bond acceptors (Lipinski definition) is 2. The first-order valence-corrected chi connectivity index (χ1v) is 7.23. The Morgan fingerprint density at radius 2 is 1.68 bits per heavy atom. The van der Waals surface area contributed by atoms with E-state index in [1.54, 1.807) is 10.9 Å². The second-order valence-corrected chi connectivity index (χ2v) is 5.52. The molecule has 0 aliphatic heterocycles. The number of aromatic nitrogens is 2. The summed E-state index contributed by atoms with van der Waals surface area (Å²) in [5.74, 6) is 0.250. The van der Waals surface area contributed by atoms with E-state index in [9.17, 15) is 5.11 Å². The highest BCUT2D eigenvalue weighted by atomic mass is 16.3. The highest BCUT2D eigenvalue weighted by molar-refractivity contribution is 6.18. The van der Waals surface area contributed by atoms with E-state index in [-0.39, 0.29) is 5.75 Å². The molecular weight excluding hydrogens is 272 g/mol. The van der Waals surface area contributed by atoms with Gasteiger partial charge in [0.15, 0.2) is 0 Å². The normalized spacial score (nSPS) is 11.8. The Labute approximate surface area is 127 Å². The number of phenolic OH excluding ortho intramolecular Hbond substituents is 1.